The molecule has 0 aromatic heterocycles. The summed E-state index contributed by atoms with van der Waals surface area (Å²) < 4.78 is 0. The van der Waals surface area contributed by atoms with Gasteiger partial charge in [-0.2, -0.15) is 0 Å². The van der Waals surface area contributed by atoms with Crippen molar-refractivity contribution in [2.75, 3.05) is 7.05 Å². The number of halogens is 1. The smallest absolute Gasteiger partial charge is 0.00276 e. The van der Waals surface area contributed by atoms with Crippen LogP contribution in [0.5, 0.6) is 0 Å². The highest BCUT2D eigenvalue weighted by molar-refractivity contribution is 5.85. The molecule has 1 nitrogen and oxygen atoms in total. The van der Waals surface area contributed by atoms with E-state index in [0.717, 1.165) is 0 Å². The Morgan fingerprint density at radius 3 is 2.00 bits per heavy atom. The first kappa shape index (κ1) is 10.7. The predicted molar refractivity (Wildman–Crippen MR) is 40.3 cm³/mol. The minimum Gasteiger partial charge on any atom is -0.394 e. The molecule has 0 fully saturated rings. The van der Waals surface area contributed by atoms with Gasteiger partial charge in [0.15, 0.2) is 0 Å². The van der Waals surface area contributed by atoms with Crippen molar-refractivity contribution < 1.29 is 0 Å². The third-order valence-electron chi connectivity index (χ3n) is 0.648. The number of allylic oxidation sites excluding steroid dienone is 1. The zero-order valence-corrected chi connectivity index (χ0v) is 6.46. The van der Waals surface area contributed by atoms with Gasteiger partial charge in [0.25, 0.3) is 0 Å². The zero-order chi connectivity index (χ0) is 5.70. The molecule has 0 bridgehead atoms. The van der Waals surface area contributed by atoms with Crippen LogP contribution in [0.3, 0.4) is 0 Å². The highest BCUT2D eigenvalue weighted by Gasteiger charge is 1.78. The second-order valence-corrected chi connectivity index (χ2v) is 1.89. The van der Waals surface area contributed by atoms with Gasteiger partial charge in [-0.3, -0.25) is 0 Å². The van der Waals surface area contributed by atoms with Gasteiger partial charge >= 0.3 is 0 Å². The van der Waals surface area contributed by atoms with E-state index in [2.05, 4.69) is 25.2 Å². The molecular weight excluding hydrogens is 122 g/mol. The van der Waals surface area contributed by atoms with E-state index in [-0.39, 0.29) is 12.4 Å². The fraction of sp³-hybridized carbons (Fsp3) is 0.667. The van der Waals surface area contributed by atoms with Gasteiger partial charge < -0.3 is 5.32 Å². The van der Waals surface area contributed by atoms with Crippen LogP contribution in [0.1, 0.15) is 13.8 Å². The van der Waals surface area contributed by atoms with Crippen LogP contribution in [-0.4, -0.2) is 7.05 Å². The van der Waals surface area contributed by atoms with E-state index in [0.29, 0.717) is 5.92 Å². The van der Waals surface area contributed by atoms with Gasteiger partial charge in [0.2, 0.25) is 0 Å². The third-order valence-corrected chi connectivity index (χ3v) is 0.648. The molecule has 0 saturated heterocycles. The lowest BCUT2D eigenvalue weighted by Gasteiger charge is -1.90. The second kappa shape index (κ2) is 6.83. The lowest BCUT2D eigenvalue weighted by molar-refractivity contribution is 0.821. The van der Waals surface area contributed by atoms with Crippen LogP contribution in [0.2, 0.25) is 0 Å². The molecule has 2 heteroatoms. The molecule has 0 amide bonds. The molecule has 0 rings (SSSR count). The number of rotatable bonds is 2. The van der Waals surface area contributed by atoms with E-state index in [1.54, 1.807) is 0 Å². The van der Waals surface area contributed by atoms with E-state index in [1.807, 2.05) is 13.2 Å². The summed E-state index contributed by atoms with van der Waals surface area (Å²) in [5, 5.41) is 2.92. The van der Waals surface area contributed by atoms with Crippen LogP contribution < -0.4 is 5.32 Å². The first-order valence-corrected chi connectivity index (χ1v) is 2.61. The van der Waals surface area contributed by atoms with Crippen LogP contribution in [0.15, 0.2) is 12.3 Å². The molecule has 0 aromatic carbocycles. The highest BCUT2D eigenvalue weighted by atomic mass is 35.5. The normalized spacial score (nSPS) is 9.50. The maximum atomic E-state index is 2.92. The Bertz CT molecular complexity index is 59.5. The molecule has 0 aliphatic rings. The SMILES string of the molecule is CN/C=C/C(C)C.Cl. The van der Waals surface area contributed by atoms with E-state index in [1.165, 1.54) is 0 Å². The molecule has 0 radical (unpaired) electrons. The molecule has 0 aromatic rings. The van der Waals surface area contributed by atoms with Gasteiger partial charge in [0, 0.05) is 7.05 Å². The number of hydrogen-bond donors (Lipinski definition) is 1. The van der Waals surface area contributed by atoms with Gasteiger partial charge in [0.05, 0.1) is 0 Å². The van der Waals surface area contributed by atoms with Crippen molar-refractivity contribution in [1.29, 1.82) is 0 Å². The van der Waals surface area contributed by atoms with Crippen LogP contribution in [0.4, 0.5) is 0 Å². The van der Waals surface area contributed by atoms with E-state index < -0.39 is 0 Å². The van der Waals surface area contributed by atoms with Gasteiger partial charge in [-0.15, -0.1) is 12.4 Å². The first-order chi connectivity index (χ1) is 3.27. The Labute approximate surface area is 57.6 Å². The summed E-state index contributed by atoms with van der Waals surface area (Å²) in [5.74, 6) is 0.660. The summed E-state index contributed by atoms with van der Waals surface area (Å²) in [5.41, 5.74) is 0. The Hall–Kier alpha value is -0.170. The van der Waals surface area contributed by atoms with Crippen molar-refractivity contribution >= 4 is 12.4 Å². The summed E-state index contributed by atoms with van der Waals surface area (Å²) >= 11 is 0. The van der Waals surface area contributed by atoms with Crippen molar-refractivity contribution in [3.63, 3.8) is 0 Å². The average Bonchev–Trinajstić information content (AvgIpc) is 1.61. The lowest BCUT2D eigenvalue weighted by Crippen LogP contribution is -1.92. The Morgan fingerprint density at radius 1 is 1.38 bits per heavy atom. The van der Waals surface area contributed by atoms with Crippen molar-refractivity contribution in [1.82, 2.24) is 5.32 Å². The summed E-state index contributed by atoms with van der Waals surface area (Å²) in [4.78, 5) is 0. The molecule has 0 heterocycles. The predicted octanol–water partition coefficient (Wildman–Crippen LogP) is 1.80. The Morgan fingerprint density at radius 2 is 1.88 bits per heavy atom. The quantitative estimate of drug-likeness (QED) is 0.609. The van der Waals surface area contributed by atoms with Gasteiger partial charge in [0.1, 0.15) is 0 Å². The lowest BCUT2D eigenvalue weighted by atomic mass is 10.2. The fourth-order valence-electron chi connectivity index (χ4n) is 0.289. The van der Waals surface area contributed by atoms with Crippen LogP contribution >= 0.6 is 12.4 Å². The molecule has 0 unspecified atom stereocenters. The van der Waals surface area contributed by atoms with Crippen molar-refractivity contribution in [2.45, 2.75) is 13.8 Å². The standard InChI is InChI=1S/C6H13N.ClH/c1-6(2)4-5-7-3;/h4-7H,1-3H3;1H/b5-4+;. The molecule has 0 aliphatic heterocycles. The highest BCUT2D eigenvalue weighted by Crippen LogP contribution is 1.89. The molecular formula is C6H14ClN. The Kier molecular flexibility index (Phi) is 9.17. The van der Waals surface area contributed by atoms with E-state index >= 15 is 0 Å². The van der Waals surface area contributed by atoms with Crippen molar-refractivity contribution in [3.8, 4) is 0 Å². The largest absolute Gasteiger partial charge is 0.394 e. The minimum absolute atomic E-state index is 0. The average molecular weight is 136 g/mol. The zero-order valence-electron chi connectivity index (χ0n) is 5.64. The summed E-state index contributed by atoms with van der Waals surface area (Å²) in [6, 6.07) is 0. The molecule has 0 aliphatic carbocycles. The van der Waals surface area contributed by atoms with Gasteiger partial charge in [-0.1, -0.05) is 19.9 Å². The molecule has 50 valence electrons. The monoisotopic (exact) mass is 135 g/mol. The third kappa shape index (κ3) is 9.27. The first-order valence-electron chi connectivity index (χ1n) is 2.61. The van der Waals surface area contributed by atoms with E-state index in [9.17, 15) is 0 Å². The summed E-state index contributed by atoms with van der Waals surface area (Å²) in [6.45, 7) is 4.29. The number of nitrogens with one attached hydrogen (secondary N) is 1. The fourth-order valence-corrected chi connectivity index (χ4v) is 0.289. The van der Waals surface area contributed by atoms with Gasteiger partial charge in [-0.25, -0.2) is 0 Å². The number of hydrogen-bond acceptors (Lipinski definition) is 1. The van der Waals surface area contributed by atoms with Crippen molar-refractivity contribution in [3.05, 3.63) is 12.3 Å². The molecule has 8 heavy (non-hydrogen) atoms. The van der Waals surface area contributed by atoms with Gasteiger partial charge in [-0.05, 0) is 12.1 Å². The Balaban J connectivity index is 0. The topological polar surface area (TPSA) is 12.0 Å². The summed E-state index contributed by atoms with van der Waals surface area (Å²) in [6.07, 6.45) is 4.06. The minimum atomic E-state index is 0. The summed E-state index contributed by atoms with van der Waals surface area (Å²) in [7, 11) is 1.90. The second-order valence-electron chi connectivity index (χ2n) is 1.89. The van der Waals surface area contributed by atoms with Crippen LogP contribution in [-0.2, 0) is 0 Å². The maximum absolute atomic E-state index is 2.92. The molecule has 0 atom stereocenters. The molecule has 0 saturated carbocycles. The van der Waals surface area contributed by atoms with Crippen molar-refractivity contribution in [2.24, 2.45) is 5.92 Å². The van der Waals surface area contributed by atoms with Crippen LogP contribution in [0, 0.1) is 5.92 Å². The van der Waals surface area contributed by atoms with E-state index in [4.69, 9.17) is 0 Å². The molecule has 1 N–H and O–H groups in total. The molecule has 0 spiro atoms. The maximum Gasteiger partial charge on any atom is 0.00276 e. The van der Waals surface area contributed by atoms with Crippen LogP contribution in [0.25, 0.3) is 0 Å².